The summed E-state index contributed by atoms with van der Waals surface area (Å²) < 4.78 is 39.7. The SMILES string of the molecule is CNc1ncc(S(=O)(=O)Nc2ccc(F)c(C)c2)cn1. The topological polar surface area (TPSA) is 84.0 Å². The van der Waals surface area contributed by atoms with E-state index >= 15 is 0 Å². The summed E-state index contributed by atoms with van der Waals surface area (Å²) in [7, 11) is -2.17. The van der Waals surface area contributed by atoms with Crippen molar-refractivity contribution in [3.63, 3.8) is 0 Å². The van der Waals surface area contributed by atoms with Gasteiger partial charge < -0.3 is 5.32 Å². The molecule has 20 heavy (non-hydrogen) atoms. The van der Waals surface area contributed by atoms with Crippen molar-refractivity contribution >= 4 is 21.7 Å². The third-order valence-corrected chi connectivity index (χ3v) is 3.91. The third kappa shape index (κ3) is 3.02. The molecule has 0 bridgehead atoms. The van der Waals surface area contributed by atoms with E-state index in [9.17, 15) is 12.8 Å². The first-order valence-corrected chi connectivity index (χ1v) is 7.19. The van der Waals surface area contributed by atoms with Gasteiger partial charge in [-0.25, -0.2) is 22.8 Å². The molecule has 106 valence electrons. The second-order valence-corrected chi connectivity index (χ2v) is 5.74. The molecule has 2 aromatic rings. The molecule has 0 aliphatic carbocycles. The molecule has 6 nitrogen and oxygen atoms in total. The maximum absolute atomic E-state index is 13.1. The molecule has 0 unspecified atom stereocenters. The van der Waals surface area contributed by atoms with E-state index in [0.29, 0.717) is 11.5 Å². The van der Waals surface area contributed by atoms with Gasteiger partial charge in [0.1, 0.15) is 10.7 Å². The molecular weight excluding hydrogens is 283 g/mol. The minimum atomic E-state index is -3.79. The summed E-state index contributed by atoms with van der Waals surface area (Å²) >= 11 is 0. The van der Waals surface area contributed by atoms with Crippen molar-refractivity contribution in [3.05, 3.63) is 42.0 Å². The van der Waals surface area contributed by atoms with Crippen molar-refractivity contribution in [2.45, 2.75) is 11.8 Å². The molecule has 1 heterocycles. The van der Waals surface area contributed by atoms with Crippen LogP contribution < -0.4 is 10.0 Å². The van der Waals surface area contributed by atoms with Gasteiger partial charge in [0.2, 0.25) is 5.95 Å². The van der Waals surface area contributed by atoms with E-state index in [1.165, 1.54) is 30.6 Å². The lowest BCUT2D eigenvalue weighted by Crippen LogP contribution is -2.14. The Bertz CT molecular complexity index is 717. The zero-order valence-electron chi connectivity index (χ0n) is 10.9. The first kappa shape index (κ1) is 14.2. The van der Waals surface area contributed by atoms with Gasteiger partial charge in [-0.15, -0.1) is 0 Å². The van der Waals surface area contributed by atoms with Crippen molar-refractivity contribution < 1.29 is 12.8 Å². The molecule has 0 spiro atoms. The molecule has 0 saturated heterocycles. The molecule has 0 aliphatic heterocycles. The average molecular weight is 296 g/mol. The Morgan fingerprint density at radius 1 is 1.20 bits per heavy atom. The zero-order valence-corrected chi connectivity index (χ0v) is 11.7. The molecule has 8 heteroatoms. The number of benzene rings is 1. The minimum Gasteiger partial charge on any atom is -0.357 e. The van der Waals surface area contributed by atoms with Crippen LogP contribution in [0, 0.1) is 12.7 Å². The summed E-state index contributed by atoms with van der Waals surface area (Å²) in [5.74, 6) is -0.0729. The van der Waals surface area contributed by atoms with Gasteiger partial charge in [0, 0.05) is 12.7 Å². The Labute approximate surface area is 116 Å². The fourth-order valence-corrected chi connectivity index (χ4v) is 2.44. The fourth-order valence-electron chi connectivity index (χ4n) is 1.51. The number of nitrogens with one attached hydrogen (secondary N) is 2. The lowest BCUT2D eigenvalue weighted by Gasteiger charge is -2.08. The molecule has 2 rings (SSSR count). The van der Waals surface area contributed by atoms with Crippen molar-refractivity contribution in [3.8, 4) is 0 Å². The molecule has 2 N–H and O–H groups in total. The van der Waals surface area contributed by atoms with E-state index in [1.807, 2.05) is 0 Å². The highest BCUT2D eigenvalue weighted by Crippen LogP contribution is 2.18. The smallest absolute Gasteiger partial charge is 0.264 e. The van der Waals surface area contributed by atoms with Gasteiger partial charge in [0.05, 0.1) is 12.4 Å². The number of sulfonamides is 1. The fraction of sp³-hybridized carbons (Fsp3) is 0.167. The number of aryl methyl sites for hydroxylation is 1. The lowest BCUT2D eigenvalue weighted by atomic mass is 10.2. The predicted octanol–water partition coefficient (Wildman–Crippen LogP) is 1.77. The van der Waals surface area contributed by atoms with Crippen LogP contribution in [0.15, 0.2) is 35.5 Å². The number of anilines is 2. The van der Waals surface area contributed by atoms with Crippen LogP contribution in [-0.4, -0.2) is 25.4 Å². The van der Waals surface area contributed by atoms with Crippen LogP contribution in [0.2, 0.25) is 0 Å². The number of hydrogen-bond donors (Lipinski definition) is 2. The van der Waals surface area contributed by atoms with Gasteiger partial charge in [0.25, 0.3) is 10.0 Å². The van der Waals surface area contributed by atoms with E-state index in [4.69, 9.17) is 0 Å². The number of rotatable bonds is 4. The van der Waals surface area contributed by atoms with E-state index in [2.05, 4.69) is 20.0 Å². The normalized spacial score (nSPS) is 11.2. The van der Waals surface area contributed by atoms with E-state index in [0.717, 1.165) is 0 Å². The summed E-state index contributed by atoms with van der Waals surface area (Å²) in [6, 6.07) is 3.96. The Morgan fingerprint density at radius 3 is 2.40 bits per heavy atom. The van der Waals surface area contributed by atoms with Crippen LogP contribution in [0.3, 0.4) is 0 Å². The molecule has 0 saturated carbocycles. The van der Waals surface area contributed by atoms with Gasteiger partial charge >= 0.3 is 0 Å². The minimum absolute atomic E-state index is 0.0709. The van der Waals surface area contributed by atoms with Crippen LogP contribution in [0.25, 0.3) is 0 Å². The van der Waals surface area contributed by atoms with Gasteiger partial charge in [-0.05, 0) is 30.7 Å². The van der Waals surface area contributed by atoms with E-state index in [-0.39, 0.29) is 10.6 Å². The summed E-state index contributed by atoms with van der Waals surface area (Å²) in [6.07, 6.45) is 2.38. The monoisotopic (exact) mass is 296 g/mol. The summed E-state index contributed by atoms with van der Waals surface area (Å²) in [6.45, 7) is 1.55. The highest BCUT2D eigenvalue weighted by atomic mass is 32.2. The summed E-state index contributed by atoms with van der Waals surface area (Å²) in [5.41, 5.74) is 0.633. The molecular formula is C12H13FN4O2S. The second kappa shape index (κ2) is 5.41. The number of aromatic nitrogens is 2. The first-order chi connectivity index (χ1) is 9.42. The van der Waals surface area contributed by atoms with Gasteiger partial charge in [-0.3, -0.25) is 4.72 Å². The molecule has 0 radical (unpaired) electrons. The number of nitrogens with zero attached hydrogens (tertiary/aromatic N) is 2. The van der Waals surface area contributed by atoms with Crippen LogP contribution in [0.1, 0.15) is 5.56 Å². The van der Waals surface area contributed by atoms with E-state index in [1.54, 1.807) is 14.0 Å². The molecule has 0 atom stereocenters. The Kier molecular flexibility index (Phi) is 3.84. The average Bonchev–Trinajstić information content (AvgIpc) is 2.43. The van der Waals surface area contributed by atoms with Crippen LogP contribution >= 0.6 is 0 Å². The Morgan fingerprint density at radius 2 is 1.85 bits per heavy atom. The maximum atomic E-state index is 13.1. The lowest BCUT2D eigenvalue weighted by molar-refractivity contribution is 0.600. The number of hydrogen-bond acceptors (Lipinski definition) is 5. The van der Waals surface area contributed by atoms with Gasteiger partial charge in [-0.2, -0.15) is 0 Å². The zero-order chi connectivity index (χ0) is 14.8. The Hall–Kier alpha value is -2.22. The second-order valence-electron chi connectivity index (χ2n) is 4.06. The highest BCUT2D eigenvalue weighted by molar-refractivity contribution is 7.92. The van der Waals surface area contributed by atoms with Crippen molar-refractivity contribution in [2.75, 3.05) is 17.1 Å². The van der Waals surface area contributed by atoms with Crippen LogP contribution in [0.5, 0.6) is 0 Å². The van der Waals surface area contributed by atoms with E-state index < -0.39 is 15.8 Å². The quantitative estimate of drug-likeness (QED) is 0.898. The number of halogens is 1. The Balaban J connectivity index is 2.27. The standard InChI is InChI=1S/C12H13FN4O2S/c1-8-5-9(3-4-11(8)13)17-20(18,19)10-6-15-12(14-2)16-7-10/h3-7,17H,1-2H3,(H,14,15,16). The largest absolute Gasteiger partial charge is 0.357 e. The highest BCUT2D eigenvalue weighted by Gasteiger charge is 2.15. The maximum Gasteiger partial charge on any atom is 0.264 e. The van der Waals surface area contributed by atoms with Gasteiger partial charge in [0.15, 0.2) is 0 Å². The van der Waals surface area contributed by atoms with Crippen molar-refractivity contribution in [2.24, 2.45) is 0 Å². The van der Waals surface area contributed by atoms with Crippen LogP contribution in [0.4, 0.5) is 16.0 Å². The summed E-state index contributed by atoms with van der Waals surface area (Å²) in [4.78, 5) is 7.60. The molecule has 1 aromatic heterocycles. The molecule has 0 amide bonds. The molecule has 1 aromatic carbocycles. The third-order valence-electron chi connectivity index (χ3n) is 2.57. The predicted molar refractivity (Wildman–Crippen MR) is 73.5 cm³/mol. The first-order valence-electron chi connectivity index (χ1n) is 5.71. The van der Waals surface area contributed by atoms with Crippen molar-refractivity contribution in [1.82, 2.24) is 9.97 Å². The van der Waals surface area contributed by atoms with Gasteiger partial charge in [-0.1, -0.05) is 0 Å². The van der Waals surface area contributed by atoms with Crippen molar-refractivity contribution in [1.29, 1.82) is 0 Å². The molecule has 0 aliphatic rings. The molecule has 0 fully saturated rings. The van der Waals surface area contributed by atoms with Crippen LogP contribution in [-0.2, 0) is 10.0 Å². The summed E-state index contributed by atoms with van der Waals surface area (Å²) in [5, 5.41) is 2.69.